The van der Waals surface area contributed by atoms with Crippen molar-refractivity contribution in [1.29, 1.82) is 0 Å². The van der Waals surface area contributed by atoms with Gasteiger partial charge >= 0.3 is 0 Å². The molecule has 4 rings (SSSR count). The first-order chi connectivity index (χ1) is 11.8. The summed E-state index contributed by atoms with van der Waals surface area (Å²) in [5.74, 6) is -0.0429. The predicted octanol–water partition coefficient (Wildman–Crippen LogP) is 1.39. The Morgan fingerprint density at radius 1 is 1.38 bits per heavy atom. The van der Waals surface area contributed by atoms with Gasteiger partial charge in [-0.25, -0.2) is 0 Å². The number of nitrogens with zero attached hydrogens (tertiary/aromatic N) is 3. The number of rotatable bonds is 4. The van der Waals surface area contributed by atoms with E-state index in [1.807, 2.05) is 17.0 Å². The van der Waals surface area contributed by atoms with Crippen molar-refractivity contribution in [3.8, 4) is 0 Å². The van der Waals surface area contributed by atoms with Gasteiger partial charge in [-0.05, 0) is 30.5 Å². The van der Waals surface area contributed by atoms with Crippen LogP contribution >= 0.6 is 0 Å². The van der Waals surface area contributed by atoms with E-state index < -0.39 is 0 Å². The van der Waals surface area contributed by atoms with E-state index in [1.54, 1.807) is 24.7 Å². The molecule has 2 aromatic rings. The van der Waals surface area contributed by atoms with Crippen molar-refractivity contribution in [3.63, 3.8) is 0 Å². The van der Waals surface area contributed by atoms with Crippen molar-refractivity contribution in [2.24, 2.45) is 0 Å². The minimum atomic E-state index is -0.112. The summed E-state index contributed by atoms with van der Waals surface area (Å²) in [4.78, 5) is 18.7. The van der Waals surface area contributed by atoms with Gasteiger partial charge in [-0.2, -0.15) is 5.10 Å². The summed E-state index contributed by atoms with van der Waals surface area (Å²) in [5.41, 5.74) is 1.53. The van der Waals surface area contributed by atoms with Crippen molar-refractivity contribution in [2.75, 3.05) is 13.2 Å². The number of hydrogen-bond acceptors (Lipinski definition) is 5. The Morgan fingerprint density at radius 3 is 3.12 bits per heavy atom. The topological polar surface area (TPSA) is 80.3 Å². The lowest BCUT2D eigenvalue weighted by molar-refractivity contribution is -0.0598. The van der Waals surface area contributed by atoms with Gasteiger partial charge < -0.3 is 14.4 Å². The second-order valence-corrected chi connectivity index (χ2v) is 6.16. The van der Waals surface area contributed by atoms with Crippen LogP contribution in [0.25, 0.3) is 0 Å². The normalized spacial score (nSPS) is 26.3. The highest BCUT2D eigenvalue weighted by Crippen LogP contribution is 2.33. The molecule has 2 fully saturated rings. The minimum absolute atomic E-state index is 0.0324. The molecule has 1 amide bonds. The van der Waals surface area contributed by atoms with Gasteiger partial charge in [-0.3, -0.25) is 14.9 Å². The van der Waals surface area contributed by atoms with E-state index in [0.717, 1.165) is 18.4 Å². The van der Waals surface area contributed by atoms with Gasteiger partial charge in [-0.15, -0.1) is 0 Å². The smallest absolute Gasteiger partial charge is 0.272 e. The van der Waals surface area contributed by atoms with E-state index in [9.17, 15) is 4.79 Å². The van der Waals surface area contributed by atoms with Crippen molar-refractivity contribution in [1.82, 2.24) is 20.1 Å². The highest BCUT2D eigenvalue weighted by Gasteiger charge is 2.45. The third-order valence-corrected chi connectivity index (χ3v) is 4.71. The number of ether oxygens (including phenoxy) is 2. The Labute approximate surface area is 140 Å². The lowest BCUT2D eigenvalue weighted by Crippen LogP contribution is -2.46. The van der Waals surface area contributed by atoms with Crippen LogP contribution in [0.2, 0.25) is 0 Å². The summed E-state index contributed by atoms with van der Waals surface area (Å²) in [6, 6.07) is 5.61. The monoisotopic (exact) mass is 328 g/mol. The molecule has 0 spiro atoms. The summed E-state index contributed by atoms with van der Waals surface area (Å²) in [6.45, 7) is 1.58. The Hall–Kier alpha value is -2.25. The molecule has 0 aromatic carbocycles. The van der Waals surface area contributed by atoms with Crippen molar-refractivity contribution in [2.45, 2.75) is 37.7 Å². The third-order valence-electron chi connectivity index (χ3n) is 4.71. The largest absolute Gasteiger partial charge is 0.374 e. The fourth-order valence-corrected chi connectivity index (χ4v) is 3.57. The Balaban J connectivity index is 1.50. The van der Waals surface area contributed by atoms with Crippen LogP contribution in [0, 0.1) is 0 Å². The molecule has 1 aliphatic carbocycles. The summed E-state index contributed by atoms with van der Waals surface area (Å²) in [6.07, 6.45) is 6.87. The van der Waals surface area contributed by atoms with Crippen molar-refractivity contribution >= 4 is 5.91 Å². The van der Waals surface area contributed by atoms with Crippen LogP contribution in [0.4, 0.5) is 0 Å². The SMILES string of the molecule is O=C(c1ccn[nH]1)N1CCO[C@H]2CC[C@H]1[C@@H]2OCc1cccnc1. The second kappa shape index (κ2) is 6.70. The van der Waals surface area contributed by atoms with Crippen LogP contribution < -0.4 is 0 Å². The number of pyridine rings is 1. The molecule has 1 aliphatic heterocycles. The maximum atomic E-state index is 12.8. The summed E-state index contributed by atoms with van der Waals surface area (Å²) in [5, 5.41) is 6.63. The van der Waals surface area contributed by atoms with Gasteiger partial charge in [0.15, 0.2) is 0 Å². The molecule has 3 heterocycles. The first-order valence-corrected chi connectivity index (χ1v) is 8.25. The lowest BCUT2D eigenvalue weighted by atomic mass is 10.1. The average molecular weight is 328 g/mol. The number of aromatic nitrogens is 3. The standard InChI is InChI=1S/C17H20N4O3/c22-17(13-5-7-19-20-13)21-8-9-23-15-4-3-14(21)16(15)24-11-12-2-1-6-18-10-12/h1-2,5-7,10,14-16H,3-4,8-9,11H2,(H,19,20)/t14-,15-,16-/m0/s1. The number of hydrogen-bond donors (Lipinski definition) is 1. The molecular formula is C17H20N4O3. The maximum absolute atomic E-state index is 12.8. The van der Waals surface area contributed by atoms with E-state index in [4.69, 9.17) is 9.47 Å². The third kappa shape index (κ3) is 2.92. The fraction of sp³-hybridized carbons (Fsp3) is 0.471. The molecule has 1 saturated carbocycles. The van der Waals surface area contributed by atoms with E-state index in [1.165, 1.54) is 0 Å². The zero-order chi connectivity index (χ0) is 16.4. The highest BCUT2D eigenvalue weighted by atomic mass is 16.5. The first-order valence-electron chi connectivity index (χ1n) is 8.25. The van der Waals surface area contributed by atoms with Crippen molar-refractivity contribution < 1.29 is 14.3 Å². The second-order valence-electron chi connectivity index (χ2n) is 6.16. The molecule has 24 heavy (non-hydrogen) atoms. The van der Waals surface area contributed by atoms with Crippen LogP contribution in [0.1, 0.15) is 28.9 Å². The Bertz CT molecular complexity index is 676. The molecule has 1 saturated heterocycles. The molecule has 0 radical (unpaired) electrons. The highest BCUT2D eigenvalue weighted by molar-refractivity contribution is 5.92. The zero-order valence-electron chi connectivity index (χ0n) is 13.3. The summed E-state index contributed by atoms with van der Waals surface area (Å²) in [7, 11) is 0. The molecule has 2 aromatic heterocycles. The number of aromatic amines is 1. The molecule has 1 N–H and O–H groups in total. The predicted molar refractivity (Wildman–Crippen MR) is 85.2 cm³/mol. The van der Waals surface area contributed by atoms with Crippen LogP contribution in [0.15, 0.2) is 36.8 Å². The van der Waals surface area contributed by atoms with Crippen LogP contribution in [-0.2, 0) is 16.1 Å². The Kier molecular flexibility index (Phi) is 4.27. The molecule has 3 atom stereocenters. The number of amides is 1. The number of fused-ring (bicyclic) bond motifs is 2. The van der Waals surface area contributed by atoms with Gasteiger partial charge in [0.25, 0.3) is 5.91 Å². The molecule has 126 valence electrons. The lowest BCUT2D eigenvalue weighted by Gasteiger charge is -2.31. The molecule has 2 bridgehead atoms. The summed E-state index contributed by atoms with van der Waals surface area (Å²) >= 11 is 0. The first kappa shape index (κ1) is 15.3. The quantitative estimate of drug-likeness (QED) is 0.917. The Morgan fingerprint density at radius 2 is 2.33 bits per heavy atom. The van der Waals surface area contributed by atoms with E-state index >= 15 is 0 Å². The molecule has 7 nitrogen and oxygen atoms in total. The minimum Gasteiger partial charge on any atom is -0.374 e. The van der Waals surface area contributed by atoms with E-state index in [0.29, 0.717) is 25.5 Å². The molecular weight excluding hydrogens is 308 g/mol. The molecule has 7 heteroatoms. The summed E-state index contributed by atoms with van der Waals surface area (Å²) < 4.78 is 12.1. The van der Waals surface area contributed by atoms with Gasteiger partial charge in [0, 0.05) is 25.1 Å². The molecule has 0 unspecified atom stereocenters. The number of carbonyl (C=O) groups is 1. The van der Waals surface area contributed by atoms with Crippen LogP contribution in [0.3, 0.4) is 0 Å². The van der Waals surface area contributed by atoms with Crippen LogP contribution in [-0.4, -0.2) is 57.4 Å². The van der Waals surface area contributed by atoms with Gasteiger partial charge in [0.05, 0.1) is 25.4 Å². The van der Waals surface area contributed by atoms with Crippen LogP contribution in [0.5, 0.6) is 0 Å². The van der Waals surface area contributed by atoms with Gasteiger partial charge in [0.1, 0.15) is 11.8 Å². The number of H-pyrrole nitrogens is 1. The van der Waals surface area contributed by atoms with Gasteiger partial charge in [0.2, 0.25) is 0 Å². The fourth-order valence-electron chi connectivity index (χ4n) is 3.57. The van der Waals surface area contributed by atoms with E-state index in [2.05, 4.69) is 15.2 Å². The van der Waals surface area contributed by atoms with Gasteiger partial charge in [-0.1, -0.05) is 6.07 Å². The van der Waals surface area contributed by atoms with Crippen molar-refractivity contribution in [3.05, 3.63) is 48.0 Å². The maximum Gasteiger partial charge on any atom is 0.272 e. The zero-order valence-corrected chi connectivity index (χ0v) is 13.3. The number of carbonyl (C=O) groups excluding carboxylic acids is 1. The number of nitrogens with one attached hydrogen (secondary N) is 1. The van der Waals surface area contributed by atoms with E-state index in [-0.39, 0.29) is 24.2 Å². The molecule has 2 aliphatic rings. The average Bonchev–Trinajstić information content (AvgIpc) is 3.22.